The largest absolute Gasteiger partial charge is 0.490 e. The van der Waals surface area contributed by atoms with Crippen LogP contribution in [0, 0.1) is 5.82 Å². The zero-order valence-corrected chi connectivity index (χ0v) is 12.0. The summed E-state index contributed by atoms with van der Waals surface area (Å²) in [5.74, 6) is 0.263. The first-order valence-electron chi connectivity index (χ1n) is 6.28. The lowest BCUT2D eigenvalue weighted by Crippen LogP contribution is -2.03. The van der Waals surface area contributed by atoms with E-state index in [1.807, 2.05) is 30.3 Å². The van der Waals surface area contributed by atoms with Crippen LogP contribution in [0.3, 0.4) is 0 Å². The van der Waals surface area contributed by atoms with Crippen LogP contribution in [-0.2, 0) is 0 Å². The van der Waals surface area contributed by atoms with Crippen LogP contribution < -0.4 is 4.74 Å². The maximum Gasteiger partial charge on any atom is 0.165 e. The predicted molar refractivity (Wildman–Crippen MR) is 79.1 cm³/mol. The highest BCUT2D eigenvalue weighted by atomic mass is 32.2. The van der Waals surface area contributed by atoms with Crippen LogP contribution in [0.15, 0.2) is 53.4 Å². The van der Waals surface area contributed by atoms with E-state index in [0.717, 1.165) is 10.6 Å². The van der Waals surface area contributed by atoms with Gasteiger partial charge in [-0.05, 0) is 37.3 Å². The van der Waals surface area contributed by atoms with E-state index in [0.29, 0.717) is 12.2 Å². The summed E-state index contributed by atoms with van der Waals surface area (Å²) in [6, 6.07) is 14.2. The van der Waals surface area contributed by atoms with Gasteiger partial charge in [-0.1, -0.05) is 18.2 Å². The fraction of sp³-hybridized carbons (Fsp3) is 0.188. The van der Waals surface area contributed by atoms with Crippen molar-refractivity contribution in [3.05, 3.63) is 59.9 Å². The molecule has 0 amide bonds. The van der Waals surface area contributed by atoms with Gasteiger partial charge in [-0.15, -0.1) is 11.8 Å². The summed E-state index contributed by atoms with van der Waals surface area (Å²) < 4.78 is 19.1. The molecule has 0 radical (unpaired) electrons. The third-order valence-corrected chi connectivity index (χ3v) is 3.67. The first-order valence-corrected chi connectivity index (χ1v) is 7.26. The van der Waals surface area contributed by atoms with Crippen LogP contribution in [0.5, 0.6) is 5.75 Å². The van der Waals surface area contributed by atoms with Crippen LogP contribution in [-0.4, -0.2) is 18.1 Å². The lowest BCUT2D eigenvalue weighted by molar-refractivity contribution is 0.101. The molecule has 0 bridgehead atoms. The quantitative estimate of drug-likeness (QED) is 0.453. The van der Waals surface area contributed by atoms with Gasteiger partial charge in [-0.25, -0.2) is 4.39 Å². The molecule has 0 saturated carbocycles. The van der Waals surface area contributed by atoms with E-state index in [2.05, 4.69) is 0 Å². The van der Waals surface area contributed by atoms with Gasteiger partial charge in [0.05, 0.1) is 6.61 Å². The van der Waals surface area contributed by atoms with Gasteiger partial charge in [-0.2, -0.15) is 0 Å². The minimum absolute atomic E-state index is 0.157. The van der Waals surface area contributed by atoms with Gasteiger partial charge < -0.3 is 4.74 Å². The highest BCUT2D eigenvalue weighted by Crippen LogP contribution is 2.20. The predicted octanol–water partition coefficient (Wildman–Crippen LogP) is 4.20. The Morgan fingerprint density at radius 2 is 1.95 bits per heavy atom. The SMILES string of the molecule is CC(=O)c1ccc(OCCSc2ccccc2)c(F)c1. The molecule has 0 N–H and O–H groups in total. The molecule has 2 aromatic rings. The molecular formula is C16H15FO2S. The molecular weight excluding hydrogens is 275 g/mol. The van der Waals surface area contributed by atoms with Crippen molar-refractivity contribution in [2.75, 3.05) is 12.4 Å². The molecule has 0 aliphatic carbocycles. The molecule has 104 valence electrons. The molecule has 20 heavy (non-hydrogen) atoms. The second-order valence-electron chi connectivity index (χ2n) is 4.21. The topological polar surface area (TPSA) is 26.3 Å². The Morgan fingerprint density at radius 3 is 2.60 bits per heavy atom. The van der Waals surface area contributed by atoms with Crippen molar-refractivity contribution in [1.29, 1.82) is 0 Å². The van der Waals surface area contributed by atoms with Gasteiger partial charge in [0.15, 0.2) is 17.3 Å². The Morgan fingerprint density at radius 1 is 1.20 bits per heavy atom. The first-order chi connectivity index (χ1) is 9.66. The van der Waals surface area contributed by atoms with E-state index in [1.54, 1.807) is 17.8 Å². The fourth-order valence-electron chi connectivity index (χ4n) is 1.66. The molecule has 0 unspecified atom stereocenters. The Balaban J connectivity index is 1.84. The Labute approximate surface area is 122 Å². The molecule has 0 aliphatic heterocycles. The van der Waals surface area contributed by atoms with Crippen molar-refractivity contribution in [2.24, 2.45) is 0 Å². The summed E-state index contributed by atoms with van der Waals surface area (Å²) in [5, 5.41) is 0. The molecule has 0 fully saturated rings. The second-order valence-corrected chi connectivity index (χ2v) is 5.38. The van der Waals surface area contributed by atoms with Crippen molar-refractivity contribution in [3.63, 3.8) is 0 Å². The van der Waals surface area contributed by atoms with Gasteiger partial charge in [0, 0.05) is 16.2 Å². The molecule has 2 aromatic carbocycles. The van der Waals surface area contributed by atoms with Gasteiger partial charge in [0.25, 0.3) is 0 Å². The highest BCUT2D eigenvalue weighted by Gasteiger charge is 2.07. The standard InChI is InChI=1S/C16H15FO2S/c1-12(18)13-7-8-16(15(17)11-13)19-9-10-20-14-5-3-2-4-6-14/h2-8,11H,9-10H2,1H3. The number of Topliss-reactive ketones (excluding diaryl/α,β-unsaturated/α-hetero) is 1. The number of halogens is 1. The van der Waals surface area contributed by atoms with Gasteiger partial charge >= 0.3 is 0 Å². The molecule has 4 heteroatoms. The van der Waals surface area contributed by atoms with E-state index in [-0.39, 0.29) is 11.5 Å². The van der Waals surface area contributed by atoms with Crippen molar-refractivity contribution in [2.45, 2.75) is 11.8 Å². The summed E-state index contributed by atoms with van der Waals surface area (Å²) in [6.45, 7) is 1.82. The molecule has 0 saturated heterocycles. The molecule has 2 rings (SSSR count). The zero-order chi connectivity index (χ0) is 14.4. The number of ether oxygens (including phenoxy) is 1. The van der Waals surface area contributed by atoms with E-state index < -0.39 is 5.82 Å². The summed E-state index contributed by atoms with van der Waals surface area (Å²) in [5.41, 5.74) is 0.355. The van der Waals surface area contributed by atoms with Crippen molar-refractivity contribution >= 4 is 17.5 Å². The van der Waals surface area contributed by atoms with Gasteiger partial charge in [0.2, 0.25) is 0 Å². The molecule has 2 nitrogen and oxygen atoms in total. The molecule has 0 atom stereocenters. The third-order valence-electron chi connectivity index (χ3n) is 2.69. The van der Waals surface area contributed by atoms with Gasteiger partial charge in [0.1, 0.15) is 0 Å². The average molecular weight is 290 g/mol. The minimum atomic E-state index is -0.498. The van der Waals surface area contributed by atoms with Crippen molar-refractivity contribution in [3.8, 4) is 5.75 Å². The van der Waals surface area contributed by atoms with E-state index in [4.69, 9.17) is 4.74 Å². The Kier molecular flexibility index (Phi) is 5.18. The smallest absolute Gasteiger partial charge is 0.165 e. The molecule has 0 spiro atoms. The number of thioether (sulfide) groups is 1. The number of hydrogen-bond acceptors (Lipinski definition) is 3. The van der Waals surface area contributed by atoms with E-state index in [9.17, 15) is 9.18 Å². The number of benzene rings is 2. The number of rotatable bonds is 6. The minimum Gasteiger partial charge on any atom is -0.490 e. The number of ketones is 1. The number of hydrogen-bond donors (Lipinski definition) is 0. The number of carbonyl (C=O) groups is 1. The molecule has 0 aromatic heterocycles. The molecule has 0 heterocycles. The van der Waals surface area contributed by atoms with Gasteiger partial charge in [-0.3, -0.25) is 4.79 Å². The maximum atomic E-state index is 13.7. The van der Waals surface area contributed by atoms with Crippen LogP contribution in [0.1, 0.15) is 17.3 Å². The summed E-state index contributed by atoms with van der Waals surface area (Å²) >= 11 is 1.65. The lowest BCUT2D eigenvalue weighted by Gasteiger charge is -2.08. The lowest BCUT2D eigenvalue weighted by atomic mass is 10.1. The van der Waals surface area contributed by atoms with E-state index >= 15 is 0 Å². The fourth-order valence-corrected chi connectivity index (χ4v) is 2.42. The van der Waals surface area contributed by atoms with Crippen LogP contribution in [0.25, 0.3) is 0 Å². The second kappa shape index (κ2) is 7.10. The van der Waals surface area contributed by atoms with Crippen molar-refractivity contribution in [1.82, 2.24) is 0 Å². The third kappa shape index (κ3) is 4.10. The van der Waals surface area contributed by atoms with Crippen LogP contribution in [0.4, 0.5) is 4.39 Å². The van der Waals surface area contributed by atoms with E-state index in [1.165, 1.54) is 19.1 Å². The summed E-state index contributed by atoms with van der Waals surface area (Å²) in [4.78, 5) is 12.3. The number of carbonyl (C=O) groups excluding carboxylic acids is 1. The average Bonchev–Trinajstić information content (AvgIpc) is 2.46. The zero-order valence-electron chi connectivity index (χ0n) is 11.1. The molecule has 0 aliphatic rings. The maximum absolute atomic E-state index is 13.7. The summed E-state index contributed by atoms with van der Waals surface area (Å²) in [6.07, 6.45) is 0. The monoisotopic (exact) mass is 290 g/mol. The summed E-state index contributed by atoms with van der Waals surface area (Å²) in [7, 11) is 0. The Bertz CT molecular complexity index is 584. The normalized spacial score (nSPS) is 10.3. The highest BCUT2D eigenvalue weighted by molar-refractivity contribution is 7.99. The first kappa shape index (κ1) is 14.6. The van der Waals surface area contributed by atoms with Crippen LogP contribution in [0.2, 0.25) is 0 Å². The van der Waals surface area contributed by atoms with Crippen LogP contribution >= 0.6 is 11.8 Å². The Hall–Kier alpha value is -1.81. The van der Waals surface area contributed by atoms with Crippen molar-refractivity contribution < 1.29 is 13.9 Å².